The molecule has 0 radical (unpaired) electrons. The Morgan fingerprint density at radius 1 is 1.29 bits per heavy atom. The summed E-state index contributed by atoms with van der Waals surface area (Å²) in [4.78, 5) is 15.9. The van der Waals surface area contributed by atoms with Crippen LogP contribution >= 0.6 is 0 Å². The molecule has 0 aromatic carbocycles. The van der Waals surface area contributed by atoms with Crippen LogP contribution in [0.5, 0.6) is 0 Å². The third kappa shape index (κ3) is 4.85. The van der Waals surface area contributed by atoms with Gasteiger partial charge in [-0.15, -0.1) is 0 Å². The van der Waals surface area contributed by atoms with Gasteiger partial charge in [-0.05, 0) is 25.5 Å². The van der Waals surface area contributed by atoms with Crippen LogP contribution < -0.4 is 10.6 Å². The lowest BCUT2D eigenvalue weighted by molar-refractivity contribution is 0.0952. The molecule has 0 unspecified atom stereocenters. The molecular formula is C13H21N3O. The Labute approximate surface area is 103 Å². The second-order valence-corrected chi connectivity index (χ2v) is 3.93. The van der Waals surface area contributed by atoms with Gasteiger partial charge in [-0.3, -0.25) is 4.79 Å². The van der Waals surface area contributed by atoms with Crippen LogP contribution in [0.25, 0.3) is 0 Å². The number of carbonyl (C=O) groups excluding carboxylic acids is 1. The average molecular weight is 235 g/mol. The Hall–Kier alpha value is -1.58. The number of unbranched alkanes of at least 4 members (excludes halogenated alkanes) is 2. The van der Waals surface area contributed by atoms with E-state index in [4.69, 9.17) is 0 Å². The third-order valence-corrected chi connectivity index (χ3v) is 2.45. The summed E-state index contributed by atoms with van der Waals surface area (Å²) in [6.45, 7) is 5.72. The van der Waals surface area contributed by atoms with E-state index in [9.17, 15) is 4.79 Å². The third-order valence-electron chi connectivity index (χ3n) is 2.45. The van der Waals surface area contributed by atoms with Crippen molar-refractivity contribution in [2.45, 2.75) is 33.1 Å². The number of aromatic nitrogens is 1. The molecule has 1 heterocycles. The van der Waals surface area contributed by atoms with Crippen molar-refractivity contribution < 1.29 is 4.79 Å². The molecule has 0 aliphatic heterocycles. The summed E-state index contributed by atoms with van der Waals surface area (Å²) in [6.07, 6.45) is 4.95. The predicted molar refractivity (Wildman–Crippen MR) is 70.3 cm³/mol. The number of pyridine rings is 1. The zero-order chi connectivity index (χ0) is 12.5. The maximum Gasteiger partial charge on any atom is 0.252 e. The second-order valence-electron chi connectivity index (χ2n) is 3.93. The van der Waals surface area contributed by atoms with Crippen molar-refractivity contribution in [1.29, 1.82) is 0 Å². The van der Waals surface area contributed by atoms with Crippen LogP contribution in [0, 0.1) is 0 Å². The van der Waals surface area contributed by atoms with Crippen LogP contribution in [0.15, 0.2) is 18.3 Å². The van der Waals surface area contributed by atoms with Gasteiger partial charge in [0.05, 0.1) is 5.56 Å². The number of nitrogens with zero attached hydrogens (tertiary/aromatic N) is 1. The van der Waals surface area contributed by atoms with E-state index in [1.54, 1.807) is 12.3 Å². The second kappa shape index (κ2) is 7.65. The quantitative estimate of drug-likeness (QED) is 0.714. The van der Waals surface area contributed by atoms with Crippen LogP contribution in [-0.4, -0.2) is 24.0 Å². The number of carbonyl (C=O) groups is 1. The van der Waals surface area contributed by atoms with Crippen molar-refractivity contribution in [1.82, 2.24) is 10.3 Å². The van der Waals surface area contributed by atoms with Gasteiger partial charge in [0, 0.05) is 19.3 Å². The predicted octanol–water partition coefficient (Wildman–Crippen LogP) is 2.43. The molecule has 0 spiro atoms. The van der Waals surface area contributed by atoms with Gasteiger partial charge >= 0.3 is 0 Å². The van der Waals surface area contributed by atoms with Crippen molar-refractivity contribution in [2.24, 2.45) is 0 Å². The smallest absolute Gasteiger partial charge is 0.252 e. The molecule has 1 aromatic rings. The first-order chi connectivity index (χ1) is 8.27. The Balaban J connectivity index is 2.40. The number of amides is 1. The molecule has 0 saturated heterocycles. The molecule has 0 bridgehead atoms. The highest BCUT2D eigenvalue weighted by Crippen LogP contribution is 2.04. The summed E-state index contributed by atoms with van der Waals surface area (Å²) in [5.74, 6) is 0.756. The molecular weight excluding hydrogens is 214 g/mol. The van der Waals surface area contributed by atoms with Crippen molar-refractivity contribution in [3.63, 3.8) is 0 Å². The van der Waals surface area contributed by atoms with Crippen molar-refractivity contribution in [3.8, 4) is 0 Å². The van der Waals surface area contributed by atoms with Crippen LogP contribution in [0.2, 0.25) is 0 Å². The molecule has 2 N–H and O–H groups in total. The van der Waals surface area contributed by atoms with Crippen molar-refractivity contribution in [3.05, 3.63) is 23.9 Å². The molecule has 0 saturated carbocycles. The topological polar surface area (TPSA) is 54.0 Å². The normalized spacial score (nSPS) is 10.0. The standard InChI is InChI=1S/C13H21N3O/c1-3-5-6-9-15-13(17)11-7-8-12(14-4-2)16-10-11/h7-8,10H,3-6,9H2,1-2H3,(H,14,16)(H,15,17). The van der Waals surface area contributed by atoms with E-state index in [0.29, 0.717) is 5.56 Å². The first-order valence-corrected chi connectivity index (χ1v) is 6.26. The Morgan fingerprint density at radius 2 is 2.12 bits per heavy atom. The summed E-state index contributed by atoms with van der Waals surface area (Å²) >= 11 is 0. The lowest BCUT2D eigenvalue weighted by atomic mass is 10.2. The summed E-state index contributed by atoms with van der Waals surface area (Å²) < 4.78 is 0. The SMILES string of the molecule is CCCCCNC(=O)c1ccc(NCC)nc1. The molecule has 17 heavy (non-hydrogen) atoms. The highest BCUT2D eigenvalue weighted by atomic mass is 16.1. The van der Waals surface area contributed by atoms with Gasteiger partial charge in [0.25, 0.3) is 5.91 Å². The van der Waals surface area contributed by atoms with Crippen LogP contribution in [-0.2, 0) is 0 Å². The molecule has 0 atom stereocenters. The maximum absolute atomic E-state index is 11.7. The number of hydrogen-bond acceptors (Lipinski definition) is 3. The van der Waals surface area contributed by atoms with E-state index in [2.05, 4.69) is 22.5 Å². The fourth-order valence-corrected chi connectivity index (χ4v) is 1.49. The van der Waals surface area contributed by atoms with Gasteiger partial charge in [0.15, 0.2) is 0 Å². The summed E-state index contributed by atoms with van der Waals surface area (Å²) in [5, 5.41) is 5.98. The van der Waals surface area contributed by atoms with Gasteiger partial charge in [-0.1, -0.05) is 19.8 Å². The van der Waals surface area contributed by atoms with E-state index in [1.807, 2.05) is 13.0 Å². The van der Waals surface area contributed by atoms with E-state index in [-0.39, 0.29) is 5.91 Å². The van der Waals surface area contributed by atoms with Crippen molar-refractivity contribution in [2.75, 3.05) is 18.4 Å². The van der Waals surface area contributed by atoms with E-state index < -0.39 is 0 Å². The van der Waals surface area contributed by atoms with Gasteiger partial charge < -0.3 is 10.6 Å². The highest BCUT2D eigenvalue weighted by Gasteiger charge is 2.04. The maximum atomic E-state index is 11.7. The van der Waals surface area contributed by atoms with Gasteiger partial charge in [0.2, 0.25) is 0 Å². The molecule has 94 valence electrons. The van der Waals surface area contributed by atoms with Crippen LogP contribution in [0.4, 0.5) is 5.82 Å². The number of nitrogens with one attached hydrogen (secondary N) is 2. The minimum Gasteiger partial charge on any atom is -0.370 e. The first-order valence-electron chi connectivity index (χ1n) is 6.26. The largest absolute Gasteiger partial charge is 0.370 e. The van der Waals surface area contributed by atoms with E-state index in [0.717, 1.165) is 38.2 Å². The molecule has 1 aromatic heterocycles. The zero-order valence-corrected chi connectivity index (χ0v) is 10.6. The van der Waals surface area contributed by atoms with Crippen LogP contribution in [0.1, 0.15) is 43.5 Å². The number of anilines is 1. The fourth-order valence-electron chi connectivity index (χ4n) is 1.49. The zero-order valence-electron chi connectivity index (χ0n) is 10.6. The Morgan fingerprint density at radius 3 is 2.71 bits per heavy atom. The Kier molecular flexibility index (Phi) is 6.07. The summed E-state index contributed by atoms with van der Waals surface area (Å²) in [7, 11) is 0. The lowest BCUT2D eigenvalue weighted by Gasteiger charge is -2.05. The van der Waals surface area contributed by atoms with E-state index in [1.165, 1.54) is 0 Å². The minimum absolute atomic E-state index is 0.0448. The molecule has 4 heteroatoms. The van der Waals surface area contributed by atoms with Gasteiger partial charge in [-0.25, -0.2) is 4.98 Å². The molecule has 4 nitrogen and oxygen atoms in total. The van der Waals surface area contributed by atoms with Gasteiger partial charge in [0.1, 0.15) is 5.82 Å². The monoisotopic (exact) mass is 235 g/mol. The summed E-state index contributed by atoms with van der Waals surface area (Å²) in [6, 6.07) is 3.62. The molecule has 1 rings (SSSR count). The summed E-state index contributed by atoms with van der Waals surface area (Å²) in [5.41, 5.74) is 0.614. The molecule has 0 fully saturated rings. The number of hydrogen-bond donors (Lipinski definition) is 2. The number of rotatable bonds is 7. The minimum atomic E-state index is -0.0448. The molecule has 1 amide bonds. The molecule has 0 aliphatic rings. The highest BCUT2D eigenvalue weighted by molar-refractivity contribution is 5.93. The fraction of sp³-hybridized carbons (Fsp3) is 0.538. The average Bonchev–Trinajstić information content (AvgIpc) is 2.36. The van der Waals surface area contributed by atoms with Crippen LogP contribution in [0.3, 0.4) is 0 Å². The van der Waals surface area contributed by atoms with Gasteiger partial charge in [-0.2, -0.15) is 0 Å². The lowest BCUT2D eigenvalue weighted by Crippen LogP contribution is -2.24. The van der Waals surface area contributed by atoms with Crippen molar-refractivity contribution >= 4 is 11.7 Å². The molecule has 0 aliphatic carbocycles. The first kappa shape index (κ1) is 13.5. The van der Waals surface area contributed by atoms with E-state index >= 15 is 0 Å². The Bertz CT molecular complexity index is 335.